The lowest BCUT2D eigenvalue weighted by molar-refractivity contribution is -0.140. The lowest BCUT2D eigenvalue weighted by Crippen LogP contribution is -2.42. The molecule has 27 heavy (non-hydrogen) atoms. The van der Waals surface area contributed by atoms with Gasteiger partial charge in [-0.2, -0.15) is 13.2 Å². The topological polar surface area (TPSA) is 58.5 Å². The molecule has 0 amide bonds. The minimum Gasteiger partial charge on any atom is -0.489 e. The van der Waals surface area contributed by atoms with Crippen LogP contribution in [0.15, 0.2) is 34.6 Å². The van der Waals surface area contributed by atoms with Crippen LogP contribution in [0, 0.1) is 6.92 Å². The van der Waals surface area contributed by atoms with Crippen molar-refractivity contribution in [3.05, 3.63) is 45.9 Å². The molecule has 0 saturated heterocycles. The van der Waals surface area contributed by atoms with Gasteiger partial charge in [-0.3, -0.25) is 4.99 Å². The Morgan fingerprint density at radius 2 is 2.11 bits per heavy atom. The highest BCUT2D eigenvalue weighted by atomic mass is 32.1. The number of thiazole rings is 1. The number of guanidine groups is 1. The average molecular weight is 400 g/mol. The Bertz CT molecular complexity index is 761. The first kappa shape index (κ1) is 21.0. The number of aryl methyl sites for hydroxylation is 1. The number of benzene rings is 1. The molecule has 0 bridgehead atoms. The summed E-state index contributed by atoms with van der Waals surface area (Å²) in [4.78, 5) is 7.70. The number of nitrogens with one attached hydrogen (secondary N) is 2. The summed E-state index contributed by atoms with van der Waals surface area (Å²) in [5.41, 5.74) is 0.285. The number of nitrogens with zero attached hydrogens (tertiary/aromatic N) is 2. The van der Waals surface area contributed by atoms with Crippen molar-refractivity contribution >= 4 is 17.3 Å². The van der Waals surface area contributed by atoms with Crippen molar-refractivity contribution in [2.75, 3.05) is 20.1 Å². The summed E-state index contributed by atoms with van der Waals surface area (Å²) >= 11 is 1.00. The van der Waals surface area contributed by atoms with Gasteiger partial charge in [0.2, 0.25) is 0 Å². The molecule has 0 aliphatic rings. The molecule has 0 fully saturated rings. The van der Waals surface area contributed by atoms with Gasteiger partial charge in [0, 0.05) is 25.4 Å². The number of rotatable bonds is 7. The summed E-state index contributed by atoms with van der Waals surface area (Å²) < 4.78 is 43.5. The zero-order valence-electron chi connectivity index (χ0n) is 15.4. The molecule has 0 radical (unpaired) electrons. The van der Waals surface area contributed by atoms with Gasteiger partial charge in [0.25, 0.3) is 0 Å². The molecule has 0 aliphatic carbocycles. The normalized spacial score (nSPS) is 13.3. The van der Waals surface area contributed by atoms with E-state index < -0.39 is 11.9 Å². The first-order chi connectivity index (χ1) is 12.8. The van der Waals surface area contributed by atoms with Crippen molar-refractivity contribution in [3.8, 4) is 5.75 Å². The summed E-state index contributed by atoms with van der Waals surface area (Å²) in [6, 6.07) is 7.81. The molecule has 0 saturated carbocycles. The standard InChI is InChI=1S/C18H23F3N4OS/c1-12-5-4-6-14(9-12)26-13(2)10-24-17(22-3)23-8-7-16-25-15(11-27-16)18(19,20)21/h4-6,9,11,13H,7-8,10H2,1-3H3,(H2,22,23,24). The first-order valence-corrected chi connectivity index (χ1v) is 9.35. The third-order valence-electron chi connectivity index (χ3n) is 3.58. The number of hydrogen-bond acceptors (Lipinski definition) is 4. The van der Waals surface area contributed by atoms with Crippen molar-refractivity contribution < 1.29 is 17.9 Å². The molecule has 1 atom stereocenters. The molecule has 9 heteroatoms. The SMILES string of the molecule is CN=C(NCCc1nc(C(F)(F)F)cs1)NCC(C)Oc1cccc(C)c1. The molecular weight excluding hydrogens is 377 g/mol. The first-order valence-electron chi connectivity index (χ1n) is 8.47. The van der Waals surface area contributed by atoms with Crippen LogP contribution >= 0.6 is 11.3 Å². The van der Waals surface area contributed by atoms with E-state index in [1.54, 1.807) is 7.05 Å². The largest absolute Gasteiger partial charge is 0.489 e. The summed E-state index contributed by atoms with van der Waals surface area (Å²) in [5, 5.41) is 7.67. The smallest absolute Gasteiger partial charge is 0.434 e. The van der Waals surface area contributed by atoms with E-state index in [0.717, 1.165) is 28.0 Å². The second-order valence-corrected chi connectivity index (χ2v) is 6.94. The predicted octanol–water partition coefficient (Wildman–Crippen LogP) is 3.65. The van der Waals surface area contributed by atoms with Gasteiger partial charge in [0.1, 0.15) is 11.9 Å². The van der Waals surface area contributed by atoms with E-state index in [1.165, 1.54) is 0 Å². The molecule has 0 spiro atoms. The van der Waals surface area contributed by atoms with Crippen LogP contribution in [-0.2, 0) is 12.6 Å². The van der Waals surface area contributed by atoms with Gasteiger partial charge < -0.3 is 15.4 Å². The summed E-state index contributed by atoms with van der Waals surface area (Å²) in [6.45, 7) is 4.90. The highest BCUT2D eigenvalue weighted by molar-refractivity contribution is 7.09. The maximum Gasteiger partial charge on any atom is 0.434 e. The fraction of sp³-hybridized carbons (Fsp3) is 0.444. The van der Waals surface area contributed by atoms with Crippen molar-refractivity contribution in [3.63, 3.8) is 0 Å². The minimum absolute atomic E-state index is 0.0846. The Labute approximate surface area is 160 Å². The van der Waals surface area contributed by atoms with E-state index in [-0.39, 0.29) is 6.10 Å². The fourth-order valence-corrected chi connectivity index (χ4v) is 3.07. The molecule has 148 valence electrons. The van der Waals surface area contributed by atoms with Crippen LogP contribution in [0.25, 0.3) is 0 Å². The maximum atomic E-state index is 12.5. The van der Waals surface area contributed by atoms with Crippen LogP contribution in [0.1, 0.15) is 23.2 Å². The zero-order chi connectivity index (χ0) is 19.9. The van der Waals surface area contributed by atoms with Gasteiger partial charge in [-0.1, -0.05) is 12.1 Å². The third kappa shape index (κ3) is 7.09. The Balaban J connectivity index is 1.73. The van der Waals surface area contributed by atoms with E-state index >= 15 is 0 Å². The van der Waals surface area contributed by atoms with Crippen LogP contribution < -0.4 is 15.4 Å². The number of aliphatic imine (C=N–C) groups is 1. The second-order valence-electron chi connectivity index (χ2n) is 6.00. The summed E-state index contributed by atoms with van der Waals surface area (Å²) in [7, 11) is 1.63. The number of aromatic nitrogens is 1. The zero-order valence-corrected chi connectivity index (χ0v) is 16.2. The van der Waals surface area contributed by atoms with Crippen LogP contribution in [0.5, 0.6) is 5.75 Å². The molecule has 1 heterocycles. The van der Waals surface area contributed by atoms with E-state index in [0.29, 0.717) is 30.5 Å². The number of hydrogen-bond donors (Lipinski definition) is 2. The van der Waals surface area contributed by atoms with Crippen molar-refractivity contribution in [1.82, 2.24) is 15.6 Å². The molecule has 5 nitrogen and oxygen atoms in total. The van der Waals surface area contributed by atoms with Crippen molar-refractivity contribution in [2.24, 2.45) is 4.99 Å². The van der Waals surface area contributed by atoms with Crippen molar-refractivity contribution in [2.45, 2.75) is 32.5 Å². The van der Waals surface area contributed by atoms with Gasteiger partial charge in [-0.05, 0) is 31.5 Å². The molecule has 1 aromatic heterocycles. The Morgan fingerprint density at radius 1 is 1.33 bits per heavy atom. The Kier molecular flexibility index (Phi) is 7.46. The van der Waals surface area contributed by atoms with Gasteiger partial charge in [0.15, 0.2) is 11.7 Å². The maximum absolute atomic E-state index is 12.5. The van der Waals surface area contributed by atoms with Gasteiger partial charge in [0.05, 0.1) is 11.6 Å². The number of ether oxygens (including phenoxy) is 1. The Morgan fingerprint density at radius 3 is 2.74 bits per heavy atom. The quantitative estimate of drug-likeness (QED) is 0.550. The lowest BCUT2D eigenvalue weighted by atomic mass is 10.2. The van der Waals surface area contributed by atoms with Gasteiger partial charge in [-0.25, -0.2) is 4.98 Å². The monoisotopic (exact) mass is 400 g/mol. The highest BCUT2D eigenvalue weighted by Gasteiger charge is 2.33. The number of halogens is 3. The predicted molar refractivity (Wildman–Crippen MR) is 101 cm³/mol. The third-order valence-corrected chi connectivity index (χ3v) is 4.49. The Hall–Kier alpha value is -2.29. The van der Waals surface area contributed by atoms with E-state index in [2.05, 4.69) is 20.6 Å². The van der Waals surface area contributed by atoms with E-state index in [9.17, 15) is 13.2 Å². The van der Waals surface area contributed by atoms with Gasteiger partial charge >= 0.3 is 6.18 Å². The molecule has 0 aliphatic heterocycles. The molecule has 2 aromatic rings. The molecule has 2 rings (SSSR count). The fourth-order valence-electron chi connectivity index (χ4n) is 2.27. The molecule has 1 aromatic carbocycles. The average Bonchev–Trinajstić information content (AvgIpc) is 3.07. The van der Waals surface area contributed by atoms with E-state index in [4.69, 9.17) is 4.74 Å². The second kappa shape index (κ2) is 9.59. The van der Waals surface area contributed by atoms with E-state index in [1.807, 2.05) is 38.1 Å². The lowest BCUT2D eigenvalue weighted by Gasteiger charge is -2.18. The summed E-state index contributed by atoms with van der Waals surface area (Å²) in [6.07, 6.45) is -4.09. The van der Waals surface area contributed by atoms with Crippen LogP contribution in [0.3, 0.4) is 0 Å². The van der Waals surface area contributed by atoms with Crippen molar-refractivity contribution in [1.29, 1.82) is 0 Å². The minimum atomic E-state index is -4.40. The van der Waals surface area contributed by atoms with Gasteiger partial charge in [-0.15, -0.1) is 11.3 Å². The molecular formula is C18H23F3N4OS. The van der Waals surface area contributed by atoms with Crippen LogP contribution in [0.2, 0.25) is 0 Å². The molecule has 2 N–H and O–H groups in total. The number of alkyl halides is 3. The molecule has 1 unspecified atom stereocenters. The summed E-state index contributed by atoms with van der Waals surface area (Å²) in [5.74, 6) is 1.36. The van der Waals surface area contributed by atoms with Crippen LogP contribution in [0.4, 0.5) is 13.2 Å². The van der Waals surface area contributed by atoms with Crippen LogP contribution in [-0.4, -0.2) is 37.2 Å². The highest BCUT2D eigenvalue weighted by Crippen LogP contribution is 2.29.